The quantitative estimate of drug-likeness (QED) is 0.841. The average molecular weight is 402 g/mol. The molecule has 146 valence electrons. The summed E-state index contributed by atoms with van der Waals surface area (Å²) >= 11 is 0. The molecule has 0 bridgehead atoms. The van der Waals surface area contributed by atoms with Gasteiger partial charge in [-0.3, -0.25) is 4.79 Å². The van der Waals surface area contributed by atoms with E-state index in [2.05, 4.69) is 0 Å². The second-order valence-electron chi connectivity index (χ2n) is 7.12. The number of hydrogen-bond donors (Lipinski definition) is 1. The standard InChI is InChI=1S/C18H27N3O3S.ClH/c1-14-5-2-3-10-21(14)25(23,24)17-7-4-6-15(13-17)18(22)20-11-8-16(19)9-12-20;/h4,6-7,13-14,16H,2-3,5,8-12,19H2,1H3;1H. The van der Waals surface area contributed by atoms with Gasteiger partial charge in [-0.15, -0.1) is 12.4 Å². The molecule has 6 nitrogen and oxygen atoms in total. The van der Waals surface area contributed by atoms with Crippen LogP contribution in [0.5, 0.6) is 0 Å². The van der Waals surface area contributed by atoms with Gasteiger partial charge in [-0.2, -0.15) is 4.31 Å². The normalized spacial score (nSPS) is 22.7. The molecule has 8 heteroatoms. The second-order valence-corrected chi connectivity index (χ2v) is 9.01. The molecular weight excluding hydrogens is 374 g/mol. The van der Waals surface area contributed by atoms with Crippen molar-refractivity contribution in [1.29, 1.82) is 0 Å². The van der Waals surface area contributed by atoms with Crippen molar-refractivity contribution in [3.05, 3.63) is 29.8 Å². The Hall–Kier alpha value is -1.15. The third-order valence-corrected chi connectivity index (χ3v) is 7.27. The third-order valence-electron chi connectivity index (χ3n) is 5.26. The molecule has 2 aliphatic rings. The van der Waals surface area contributed by atoms with E-state index in [9.17, 15) is 13.2 Å². The maximum absolute atomic E-state index is 13.0. The van der Waals surface area contributed by atoms with Crippen LogP contribution in [0.3, 0.4) is 0 Å². The molecular formula is C18H28ClN3O3S. The van der Waals surface area contributed by atoms with Crippen molar-refractivity contribution in [2.24, 2.45) is 5.73 Å². The number of carbonyl (C=O) groups is 1. The Labute approximate surface area is 162 Å². The zero-order valence-corrected chi connectivity index (χ0v) is 16.8. The van der Waals surface area contributed by atoms with Crippen LogP contribution in [-0.2, 0) is 10.0 Å². The first-order valence-electron chi connectivity index (χ1n) is 9.06. The summed E-state index contributed by atoms with van der Waals surface area (Å²) < 4.78 is 27.5. The lowest BCUT2D eigenvalue weighted by Crippen LogP contribution is -2.43. The van der Waals surface area contributed by atoms with E-state index in [0.29, 0.717) is 25.2 Å². The average Bonchev–Trinajstić information content (AvgIpc) is 2.62. The minimum Gasteiger partial charge on any atom is -0.339 e. The molecule has 1 unspecified atom stereocenters. The summed E-state index contributed by atoms with van der Waals surface area (Å²) in [6.07, 6.45) is 4.40. The molecule has 26 heavy (non-hydrogen) atoms. The van der Waals surface area contributed by atoms with Crippen LogP contribution >= 0.6 is 12.4 Å². The highest BCUT2D eigenvalue weighted by molar-refractivity contribution is 7.89. The molecule has 0 spiro atoms. The molecule has 3 rings (SSSR count). The smallest absolute Gasteiger partial charge is 0.253 e. The molecule has 2 fully saturated rings. The van der Waals surface area contributed by atoms with Gasteiger partial charge in [0, 0.05) is 37.3 Å². The fourth-order valence-electron chi connectivity index (χ4n) is 3.64. The van der Waals surface area contributed by atoms with E-state index in [1.54, 1.807) is 27.4 Å². The van der Waals surface area contributed by atoms with Crippen LogP contribution in [0.2, 0.25) is 0 Å². The van der Waals surface area contributed by atoms with E-state index >= 15 is 0 Å². The monoisotopic (exact) mass is 401 g/mol. The number of nitrogens with zero attached hydrogens (tertiary/aromatic N) is 2. The Morgan fingerprint density at radius 2 is 1.81 bits per heavy atom. The molecule has 2 aliphatic heterocycles. The van der Waals surface area contributed by atoms with Gasteiger partial charge in [0.2, 0.25) is 10.0 Å². The Bertz CT molecular complexity index is 733. The summed E-state index contributed by atoms with van der Waals surface area (Å²) in [7, 11) is -3.56. The number of nitrogens with two attached hydrogens (primary N) is 1. The van der Waals surface area contributed by atoms with Crippen molar-refractivity contribution in [1.82, 2.24) is 9.21 Å². The van der Waals surface area contributed by atoms with Gasteiger partial charge in [0.25, 0.3) is 5.91 Å². The van der Waals surface area contributed by atoms with Gasteiger partial charge in [0.05, 0.1) is 4.90 Å². The summed E-state index contributed by atoms with van der Waals surface area (Å²) in [5, 5.41) is 0. The van der Waals surface area contributed by atoms with Gasteiger partial charge in [-0.1, -0.05) is 12.5 Å². The topological polar surface area (TPSA) is 83.7 Å². The van der Waals surface area contributed by atoms with Crippen LogP contribution in [-0.4, -0.2) is 55.2 Å². The SMILES string of the molecule is CC1CCCCN1S(=O)(=O)c1cccc(C(=O)N2CCC(N)CC2)c1.Cl. The first-order chi connectivity index (χ1) is 11.9. The van der Waals surface area contributed by atoms with Gasteiger partial charge in [0.15, 0.2) is 0 Å². The van der Waals surface area contributed by atoms with Crippen LogP contribution in [0.25, 0.3) is 0 Å². The first kappa shape index (κ1) is 21.2. The van der Waals surface area contributed by atoms with Crippen molar-refractivity contribution in [3.63, 3.8) is 0 Å². The second kappa shape index (κ2) is 8.69. The minimum atomic E-state index is -3.56. The molecule has 1 aromatic carbocycles. The molecule has 0 saturated carbocycles. The van der Waals surface area contributed by atoms with Gasteiger partial charge in [-0.05, 0) is 50.8 Å². The van der Waals surface area contributed by atoms with Crippen molar-refractivity contribution in [3.8, 4) is 0 Å². The molecule has 2 heterocycles. The molecule has 2 N–H and O–H groups in total. The number of amides is 1. The number of halogens is 1. The molecule has 0 radical (unpaired) electrons. The lowest BCUT2D eigenvalue weighted by Gasteiger charge is -2.32. The highest BCUT2D eigenvalue weighted by Crippen LogP contribution is 2.26. The molecule has 1 aromatic rings. The highest BCUT2D eigenvalue weighted by atomic mass is 35.5. The number of rotatable bonds is 3. The predicted molar refractivity (Wildman–Crippen MR) is 104 cm³/mol. The molecule has 1 amide bonds. The zero-order chi connectivity index (χ0) is 18.0. The number of carbonyl (C=O) groups excluding carboxylic acids is 1. The van der Waals surface area contributed by atoms with E-state index in [-0.39, 0.29) is 35.3 Å². The van der Waals surface area contributed by atoms with Crippen LogP contribution in [0, 0.1) is 0 Å². The number of hydrogen-bond acceptors (Lipinski definition) is 4. The summed E-state index contributed by atoms with van der Waals surface area (Å²) in [5.41, 5.74) is 6.32. The van der Waals surface area contributed by atoms with Crippen molar-refractivity contribution in [2.75, 3.05) is 19.6 Å². The van der Waals surface area contributed by atoms with Gasteiger partial charge < -0.3 is 10.6 Å². The van der Waals surface area contributed by atoms with Gasteiger partial charge in [-0.25, -0.2) is 8.42 Å². The summed E-state index contributed by atoms with van der Waals surface area (Å²) in [6, 6.07) is 6.60. The van der Waals surface area contributed by atoms with Crippen molar-refractivity contribution >= 4 is 28.3 Å². The molecule has 2 saturated heterocycles. The van der Waals surface area contributed by atoms with Crippen LogP contribution in [0.4, 0.5) is 0 Å². The largest absolute Gasteiger partial charge is 0.339 e. The predicted octanol–water partition coefficient (Wildman–Crippen LogP) is 2.23. The van der Waals surface area contributed by atoms with Crippen molar-refractivity contribution in [2.45, 2.75) is 56.0 Å². The molecule has 0 aliphatic carbocycles. The lowest BCUT2D eigenvalue weighted by molar-refractivity contribution is 0.0714. The van der Waals surface area contributed by atoms with Crippen LogP contribution in [0.15, 0.2) is 29.2 Å². The lowest BCUT2D eigenvalue weighted by atomic mass is 10.0. The summed E-state index contributed by atoms with van der Waals surface area (Å²) in [6.45, 7) is 3.74. The van der Waals surface area contributed by atoms with Crippen LogP contribution in [0.1, 0.15) is 49.4 Å². The fraction of sp³-hybridized carbons (Fsp3) is 0.611. The zero-order valence-electron chi connectivity index (χ0n) is 15.1. The van der Waals surface area contributed by atoms with E-state index in [1.165, 1.54) is 6.07 Å². The summed E-state index contributed by atoms with van der Waals surface area (Å²) in [4.78, 5) is 14.7. The minimum absolute atomic E-state index is 0. The van der Waals surface area contributed by atoms with E-state index in [4.69, 9.17) is 5.73 Å². The van der Waals surface area contributed by atoms with E-state index in [0.717, 1.165) is 32.1 Å². The van der Waals surface area contributed by atoms with E-state index in [1.807, 2.05) is 6.92 Å². The van der Waals surface area contributed by atoms with E-state index < -0.39 is 10.0 Å². The van der Waals surface area contributed by atoms with Crippen LogP contribution < -0.4 is 5.73 Å². The van der Waals surface area contributed by atoms with Crippen molar-refractivity contribution < 1.29 is 13.2 Å². The molecule has 0 aromatic heterocycles. The van der Waals surface area contributed by atoms with Gasteiger partial charge >= 0.3 is 0 Å². The highest BCUT2D eigenvalue weighted by Gasteiger charge is 2.31. The van der Waals surface area contributed by atoms with Gasteiger partial charge in [0.1, 0.15) is 0 Å². The Morgan fingerprint density at radius 1 is 1.12 bits per heavy atom. The Balaban J connectivity index is 0.00000243. The summed E-state index contributed by atoms with van der Waals surface area (Å²) in [5.74, 6) is -0.115. The first-order valence-corrected chi connectivity index (χ1v) is 10.5. The number of piperidine rings is 2. The maximum atomic E-state index is 13.0. The Kier molecular flexibility index (Phi) is 7.07. The maximum Gasteiger partial charge on any atom is 0.253 e. The number of sulfonamides is 1. The Morgan fingerprint density at radius 3 is 2.46 bits per heavy atom. The molecule has 1 atom stereocenters. The number of likely N-dealkylation sites (tertiary alicyclic amines) is 1. The third kappa shape index (κ3) is 4.39. The fourth-order valence-corrected chi connectivity index (χ4v) is 5.38. The number of benzene rings is 1.